The highest BCUT2D eigenvalue weighted by Gasteiger charge is 2.23. The van der Waals surface area contributed by atoms with E-state index < -0.39 is 0 Å². The van der Waals surface area contributed by atoms with Gasteiger partial charge in [0, 0.05) is 30.6 Å². The van der Waals surface area contributed by atoms with E-state index in [-0.39, 0.29) is 12.1 Å². The molecule has 0 saturated heterocycles. The van der Waals surface area contributed by atoms with Gasteiger partial charge < -0.3 is 20.9 Å². The number of anilines is 1. The van der Waals surface area contributed by atoms with Gasteiger partial charge in [0.25, 0.3) is 0 Å². The maximum atomic E-state index is 6.37. The standard InChI is InChI=1S/C20H35N5S/c1-5-25(15-14-24(2)3)20(22-17-11-7-6-10-16(17)21)23-18-12-8-9-13-19(18)26-4/h8-9,12-13,16-17H,5-7,10-11,14-15,21H2,1-4H3,(H,22,23)/t16-,17-/m0/s1. The highest BCUT2D eigenvalue weighted by molar-refractivity contribution is 7.98. The maximum Gasteiger partial charge on any atom is 0.198 e. The molecule has 1 aromatic rings. The third-order valence-corrected chi connectivity index (χ3v) is 5.72. The zero-order chi connectivity index (χ0) is 18.9. The fourth-order valence-electron chi connectivity index (χ4n) is 3.25. The molecule has 0 spiro atoms. The van der Waals surface area contributed by atoms with Gasteiger partial charge in [-0.05, 0) is 52.2 Å². The Bertz CT molecular complexity index is 575. The van der Waals surface area contributed by atoms with Crippen LogP contribution in [-0.4, -0.2) is 67.8 Å². The van der Waals surface area contributed by atoms with Crippen LogP contribution in [0.5, 0.6) is 0 Å². The Morgan fingerprint density at radius 3 is 2.62 bits per heavy atom. The first-order valence-corrected chi connectivity index (χ1v) is 10.9. The van der Waals surface area contributed by atoms with Crippen molar-refractivity contribution in [3.63, 3.8) is 0 Å². The van der Waals surface area contributed by atoms with Crippen LogP contribution in [0.3, 0.4) is 0 Å². The van der Waals surface area contributed by atoms with Crippen molar-refractivity contribution in [2.45, 2.75) is 49.6 Å². The van der Waals surface area contributed by atoms with Crippen molar-refractivity contribution in [1.82, 2.24) is 9.80 Å². The Morgan fingerprint density at radius 2 is 1.96 bits per heavy atom. The highest BCUT2D eigenvalue weighted by atomic mass is 32.2. The number of guanidine groups is 1. The van der Waals surface area contributed by atoms with E-state index in [2.05, 4.69) is 66.7 Å². The van der Waals surface area contributed by atoms with Crippen molar-refractivity contribution in [2.75, 3.05) is 45.3 Å². The van der Waals surface area contributed by atoms with E-state index in [0.717, 1.165) is 44.1 Å². The van der Waals surface area contributed by atoms with Crippen molar-refractivity contribution < 1.29 is 0 Å². The average molecular weight is 378 g/mol. The summed E-state index contributed by atoms with van der Waals surface area (Å²) in [6, 6.07) is 8.80. The fraction of sp³-hybridized carbons (Fsp3) is 0.650. The van der Waals surface area contributed by atoms with Crippen LogP contribution in [0.4, 0.5) is 5.69 Å². The molecular formula is C20H35N5S. The molecule has 0 aromatic heterocycles. The molecule has 0 radical (unpaired) electrons. The van der Waals surface area contributed by atoms with E-state index in [0.29, 0.717) is 0 Å². The van der Waals surface area contributed by atoms with Crippen LogP contribution < -0.4 is 11.1 Å². The zero-order valence-electron chi connectivity index (χ0n) is 16.7. The fourth-order valence-corrected chi connectivity index (χ4v) is 3.81. The van der Waals surface area contributed by atoms with Gasteiger partial charge in [-0.2, -0.15) is 0 Å². The van der Waals surface area contributed by atoms with Crippen molar-refractivity contribution in [3.8, 4) is 0 Å². The van der Waals surface area contributed by atoms with Gasteiger partial charge in [-0.1, -0.05) is 25.0 Å². The minimum Gasteiger partial charge on any atom is -0.342 e. The Morgan fingerprint density at radius 1 is 1.23 bits per heavy atom. The summed E-state index contributed by atoms with van der Waals surface area (Å²) in [5, 5.41) is 3.62. The second-order valence-corrected chi connectivity index (χ2v) is 8.02. The van der Waals surface area contributed by atoms with Crippen LogP contribution >= 0.6 is 11.8 Å². The van der Waals surface area contributed by atoms with E-state index in [1.807, 2.05) is 0 Å². The third-order valence-electron chi connectivity index (χ3n) is 4.92. The number of thioether (sulfide) groups is 1. The van der Waals surface area contributed by atoms with Gasteiger partial charge >= 0.3 is 0 Å². The summed E-state index contributed by atoms with van der Waals surface area (Å²) < 4.78 is 0. The number of likely N-dealkylation sites (N-methyl/N-ethyl adjacent to an activating group) is 2. The second kappa shape index (κ2) is 10.8. The molecule has 1 aliphatic rings. The van der Waals surface area contributed by atoms with Gasteiger partial charge in [0.1, 0.15) is 0 Å². The van der Waals surface area contributed by atoms with Gasteiger partial charge in [-0.15, -0.1) is 11.8 Å². The van der Waals surface area contributed by atoms with Crippen molar-refractivity contribution >= 4 is 23.4 Å². The van der Waals surface area contributed by atoms with E-state index in [1.54, 1.807) is 11.8 Å². The lowest BCUT2D eigenvalue weighted by Gasteiger charge is -2.31. The van der Waals surface area contributed by atoms with Crippen LogP contribution in [0.25, 0.3) is 0 Å². The summed E-state index contributed by atoms with van der Waals surface area (Å²) in [4.78, 5) is 10.9. The lowest BCUT2D eigenvalue weighted by molar-refractivity contribution is 0.331. The number of rotatable bonds is 7. The summed E-state index contributed by atoms with van der Waals surface area (Å²) in [5.41, 5.74) is 7.49. The van der Waals surface area contributed by atoms with Crippen molar-refractivity contribution in [3.05, 3.63) is 24.3 Å². The molecule has 5 nitrogen and oxygen atoms in total. The molecule has 0 unspecified atom stereocenters. The molecule has 0 heterocycles. The smallest absolute Gasteiger partial charge is 0.198 e. The summed E-state index contributed by atoms with van der Waals surface area (Å²) in [6.45, 7) is 5.05. The van der Waals surface area contributed by atoms with Crippen LogP contribution in [0, 0.1) is 0 Å². The summed E-state index contributed by atoms with van der Waals surface area (Å²) in [5.74, 6) is 0.957. The van der Waals surface area contributed by atoms with E-state index in [1.165, 1.54) is 17.7 Å². The predicted molar refractivity (Wildman–Crippen MR) is 115 cm³/mol. The number of hydrogen-bond donors (Lipinski definition) is 2. The first kappa shape index (κ1) is 21.1. The molecule has 146 valence electrons. The first-order chi connectivity index (χ1) is 12.5. The lowest BCUT2D eigenvalue weighted by atomic mass is 9.91. The quantitative estimate of drug-likeness (QED) is 0.434. The van der Waals surface area contributed by atoms with Gasteiger partial charge in [-0.3, -0.25) is 0 Å². The molecule has 2 rings (SSSR count). The minimum absolute atomic E-state index is 0.170. The second-order valence-electron chi connectivity index (χ2n) is 7.18. The van der Waals surface area contributed by atoms with Crippen LogP contribution in [0.1, 0.15) is 32.6 Å². The monoisotopic (exact) mass is 377 g/mol. The number of hydrogen-bond acceptors (Lipinski definition) is 4. The largest absolute Gasteiger partial charge is 0.342 e. The molecule has 1 aliphatic carbocycles. The number of para-hydroxylation sites is 1. The Hall–Kier alpha value is -1.24. The molecular weight excluding hydrogens is 342 g/mol. The molecule has 2 atom stereocenters. The van der Waals surface area contributed by atoms with E-state index in [4.69, 9.17) is 10.7 Å². The molecule has 6 heteroatoms. The molecule has 1 aromatic carbocycles. The van der Waals surface area contributed by atoms with Crippen LogP contribution in [0.2, 0.25) is 0 Å². The minimum atomic E-state index is 0.170. The predicted octanol–water partition coefficient (Wildman–Crippen LogP) is 3.33. The van der Waals surface area contributed by atoms with Crippen LogP contribution in [-0.2, 0) is 0 Å². The highest BCUT2D eigenvalue weighted by Crippen LogP contribution is 2.26. The van der Waals surface area contributed by atoms with Crippen LogP contribution in [0.15, 0.2) is 34.2 Å². The van der Waals surface area contributed by atoms with Crippen molar-refractivity contribution in [2.24, 2.45) is 10.7 Å². The Balaban J connectivity index is 2.27. The maximum absolute atomic E-state index is 6.37. The summed E-state index contributed by atoms with van der Waals surface area (Å²) in [6.07, 6.45) is 6.72. The van der Waals surface area contributed by atoms with E-state index in [9.17, 15) is 0 Å². The van der Waals surface area contributed by atoms with E-state index >= 15 is 0 Å². The van der Waals surface area contributed by atoms with Gasteiger partial charge in [0.05, 0.1) is 11.7 Å². The molecule has 1 fully saturated rings. The molecule has 0 bridgehead atoms. The van der Waals surface area contributed by atoms with Gasteiger partial charge in [0.2, 0.25) is 0 Å². The topological polar surface area (TPSA) is 56.9 Å². The van der Waals surface area contributed by atoms with Gasteiger partial charge in [-0.25, -0.2) is 4.99 Å². The number of aliphatic imine (C=N–C) groups is 1. The first-order valence-electron chi connectivity index (χ1n) is 9.68. The Labute approximate surface area is 163 Å². The number of nitrogens with two attached hydrogens (primary N) is 1. The number of nitrogens with one attached hydrogen (secondary N) is 1. The summed E-state index contributed by atoms with van der Waals surface area (Å²) in [7, 11) is 4.22. The zero-order valence-corrected chi connectivity index (χ0v) is 17.6. The van der Waals surface area contributed by atoms with Gasteiger partial charge in [0.15, 0.2) is 5.96 Å². The molecule has 0 aliphatic heterocycles. The number of benzene rings is 1. The number of nitrogens with zero attached hydrogens (tertiary/aromatic N) is 3. The Kier molecular flexibility index (Phi) is 8.75. The summed E-state index contributed by atoms with van der Waals surface area (Å²) >= 11 is 1.75. The molecule has 1 saturated carbocycles. The third kappa shape index (κ3) is 6.18. The lowest BCUT2D eigenvalue weighted by Crippen LogP contribution is -2.44. The molecule has 3 N–H and O–H groups in total. The average Bonchev–Trinajstić information content (AvgIpc) is 2.64. The SMILES string of the molecule is CCN(CCN(C)C)C(=N[C@H]1CCCC[C@@H]1N)Nc1ccccc1SC. The molecule has 26 heavy (non-hydrogen) atoms. The van der Waals surface area contributed by atoms with Crippen molar-refractivity contribution in [1.29, 1.82) is 0 Å². The molecule has 0 amide bonds. The normalized spacial score (nSPS) is 21.1.